The summed E-state index contributed by atoms with van der Waals surface area (Å²) in [5.41, 5.74) is 0. The van der Waals surface area contributed by atoms with Crippen molar-refractivity contribution in [2.45, 2.75) is 56.8 Å². The molecule has 0 aliphatic heterocycles. The number of carbonyl (C=O) groups is 1. The molecule has 112 valence electrons. The second kappa shape index (κ2) is 6.97. The second-order valence-corrected chi connectivity index (χ2v) is 6.05. The Morgan fingerprint density at radius 2 is 2.10 bits per heavy atom. The van der Waals surface area contributed by atoms with Crippen LogP contribution in [-0.4, -0.2) is 44.7 Å². The number of anilines is 1. The van der Waals surface area contributed by atoms with Gasteiger partial charge in [-0.15, -0.1) is 10.2 Å². The van der Waals surface area contributed by atoms with Crippen LogP contribution in [0.2, 0.25) is 0 Å². The second-order valence-electron chi connectivity index (χ2n) is 5.11. The fourth-order valence-electron chi connectivity index (χ4n) is 2.68. The fraction of sp³-hybridized carbons (Fsp3) is 0.769. The van der Waals surface area contributed by atoms with Crippen molar-refractivity contribution >= 4 is 23.7 Å². The standard InChI is InChI=1S/C13H22N4O2S/c1-3-17-12(14-15-13(17)20-9-11(18)19)16(2)10-7-5-4-6-8-10/h10H,3-9H2,1-2H3,(H,18,19). The molecule has 20 heavy (non-hydrogen) atoms. The van der Waals surface area contributed by atoms with E-state index in [1.165, 1.54) is 43.9 Å². The number of hydrogen-bond donors (Lipinski definition) is 1. The number of aliphatic carboxylic acids is 1. The highest BCUT2D eigenvalue weighted by atomic mass is 32.2. The van der Waals surface area contributed by atoms with Crippen molar-refractivity contribution in [2.24, 2.45) is 0 Å². The third-order valence-corrected chi connectivity index (χ3v) is 4.73. The number of thioether (sulfide) groups is 1. The minimum Gasteiger partial charge on any atom is -0.481 e. The predicted molar refractivity (Wildman–Crippen MR) is 79.3 cm³/mol. The van der Waals surface area contributed by atoms with Crippen LogP contribution in [0.4, 0.5) is 5.95 Å². The van der Waals surface area contributed by atoms with Gasteiger partial charge in [-0.25, -0.2) is 0 Å². The number of carboxylic acids is 1. The zero-order valence-corrected chi connectivity index (χ0v) is 12.9. The van der Waals surface area contributed by atoms with Crippen LogP contribution in [0.25, 0.3) is 0 Å². The molecule has 0 spiro atoms. The summed E-state index contributed by atoms with van der Waals surface area (Å²) in [6, 6.07) is 0.524. The van der Waals surface area contributed by atoms with Gasteiger partial charge >= 0.3 is 5.97 Å². The van der Waals surface area contributed by atoms with E-state index in [-0.39, 0.29) is 5.75 Å². The largest absolute Gasteiger partial charge is 0.481 e. The lowest BCUT2D eigenvalue weighted by Crippen LogP contribution is -2.35. The predicted octanol–water partition coefficient (Wildman–Crippen LogP) is 2.24. The summed E-state index contributed by atoms with van der Waals surface area (Å²) in [7, 11) is 2.07. The summed E-state index contributed by atoms with van der Waals surface area (Å²) in [6.45, 7) is 2.79. The first-order valence-corrected chi connectivity index (χ1v) is 8.12. The third-order valence-electron chi connectivity index (χ3n) is 3.78. The van der Waals surface area contributed by atoms with Gasteiger partial charge < -0.3 is 10.0 Å². The zero-order chi connectivity index (χ0) is 14.5. The lowest BCUT2D eigenvalue weighted by molar-refractivity contribution is -0.133. The molecular weight excluding hydrogens is 276 g/mol. The lowest BCUT2D eigenvalue weighted by Gasteiger charge is -2.31. The first-order chi connectivity index (χ1) is 9.63. The number of aromatic nitrogens is 3. The molecule has 1 aromatic heterocycles. The molecule has 0 radical (unpaired) electrons. The SMILES string of the molecule is CCn1c(SCC(=O)O)nnc1N(C)C1CCCCC1. The molecule has 1 aliphatic rings. The third kappa shape index (κ3) is 3.45. The van der Waals surface area contributed by atoms with Crippen molar-refractivity contribution in [3.05, 3.63) is 0 Å². The Labute approximate surface area is 123 Å². The van der Waals surface area contributed by atoms with Gasteiger partial charge in [-0.1, -0.05) is 31.0 Å². The van der Waals surface area contributed by atoms with Crippen LogP contribution in [0.1, 0.15) is 39.0 Å². The first kappa shape index (κ1) is 15.2. The van der Waals surface area contributed by atoms with E-state index < -0.39 is 5.97 Å². The highest BCUT2D eigenvalue weighted by Crippen LogP contribution is 2.27. The summed E-state index contributed by atoms with van der Waals surface area (Å²) in [4.78, 5) is 12.9. The molecule has 1 N–H and O–H groups in total. The molecule has 1 aliphatic carbocycles. The number of rotatable bonds is 6. The molecular formula is C13H22N4O2S. The Morgan fingerprint density at radius 1 is 1.40 bits per heavy atom. The molecule has 1 heterocycles. The molecule has 0 unspecified atom stereocenters. The van der Waals surface area contributed by atoms with Crippen molar-refractivity contribution < 1.29 is 9.90 Å². The number of carboxylic acid groups (broad SMARTS) is 1. The van der Waals surface area contributed by atoms with Crippen LogP contribution >= 0.6 is 11.8 Å². The van der Waals surface area contributed by atoms with Crippen LogP contribution in [0.5, 0.6) is 0 Å². The Balaban J connectivity index is 2.12. The quantitative estimate of drug-likeness (QED) is 0.812. The maximum Gasteiger partial charge on any atom is 0.313 e. The molecule has 0 atom stereocenters. The minimum absolute atomic E-state index is 0.0191. The van der Waals surface area contributed by atoms with Gasteiger partial charge in [0.05, 0.1) is 5.75 Å². The average Bonchev–Trinajstić information content (AvgIpc) is 2.88. The van der Waals surface area contributed by atoms with Crippen molar-refractivity contribution in [3.63, 3.8) is 0 Å². The maximum atomic E-state index is 10.7. The summed E-state index contributed by atoms with van der Waals surface area (Å²) in [5.74, 6) is 0.0424. The Kier molecular flexibility index (Phi) is 5.28. The zero-order valence-electron chi connectivity index (χ0n) is 12.1. The topological polar surface area (TPSA) is 71.2 Å². The summed E-state index contributed by atoms with van der Waals surface area (Å²) in [5, 5.41) is 17.9. The van der Waals surface area contributed by atoms with E-state index in [1.807, 2.05) is 11.5 Å². The summed E-state index contributed by atoms with van der Waals surface area (Å²) < 4.78 is 2.00. The van der Waals surface area contributed by atoms with Gasteiger partial charge in [0.2, 0.25) is 5.95 Å². The van der Waals surface area contributed by atoms with Crippen molar-refractivity contribution in [1.82, 2.24) is 14.8 Å². The summed E-state index contributed by atoms with van der Waals surface area (Å²) >= 11 is 1.23. The van der Waals surface area contributed by atoms with E-state index in [0.29, 0.717) is 11.2 Å². The molecule has 1 aromatic rings. The van der Waals surface area contributed by atoms with Crippen LogP contribution in [0.15, 0.2) is 5.16 Å². The van der Waals surface area contributed by atoms with Gasteiger partial charge in [0, 0.05) is 19.6 Å². The van der Waals surface area contributed by atoms with E-state index in [9.17, 15) is 4.79 Å². The molecule has 0 amide bonds. The van der Waals surface area contributed by atoms with Crippen LogP contribution in [0, 0.1) is 0 Å². The Hall–Kier alpha value is -1.24. The van der Waals surface area contributed by atoms with Crippen molar-refractivity contribution in [1.29, 1.82) is 0 Å². The van der Waals surface area contributed by atoms with E-state index in [0.717, 1.165) is 12.5 Å². The van der Waals surface area contributed by atoms with E-state index in [1.54, 1.807) is 0 Å². The van der Waals surface area contributed by atoms with Gasteiger partial charge in [0.1, 0.15) is 0 Å². The van der Waals surface area contributed by atoms with Crippen molar-refractivity contribution in [3.8, 4) is 0 Å². The monoisotopic (exact) mass is 298 g/mol. The first-order valence-electron chi connectivity index (χ1n) is 7.14. The molecule has 1 fully saturated rings. The highest BCUT2D eigenvalue weighted by molar-refractivity contribution is 7.99. The van der Waals surface area contributed by atoms with E-state index >= 15 is 0 Å². The summed E-state index contributed by atoms with van der Waals surface area (Å²) in [6.07, 6.45) is 6.27. The van der Waals surface area contributed by atoms with Gasteiger partial charge in [0.15, 0.2) is 5.16 Å². The van der Waals surface area contributed by atoms with Gasteiger partial charge in [-0.3, -0.25) is 9.36 Å². The maximum absolute atomic E-state index is 10.7. The molecule has 1 saturated carbocycles. The number of nitrogens with zero attached hydrogens (tertiary/aromatic N) is 4. The molecule has 0 bridgehead atoms. The van der Waals surface area contributed by atoms with Crippen LogP contribution in [-0.2, 0) is 11.3 Å². The molecule has 6 nitrogen and oxygen atoms in total. The molecule has 0 saturated heterocycles. The molecule has 2 rings (SSSR count). The van der Waals surface area contributed by atoms with Crippen LogP contribution < -0.4 is 4.90 Å². The minimum atomic E-state index is -0.831. The number of hydrogen-bond acceptors (Lipinski definition) is 5. The van der Waals surface area contributed by atoms with E-state index in [4.69, 9.17) is 5.11 Å². The average molecular weight is 298 g/mol. The van der Waals surface area contributed by atoms with Crippen LogP contribution in [0.3, 0.4) is 0 Å². The Bertz CT molecular complexity index is 457. The van der Waals surface area contributed by atoms with Gasteiger partial charge in [0.25, 0.3) is 0 Å². The normalized spacial score (nSPS) is 16.3. The van der Waals surface area contributed by atoms with Gasteiger partial charge in [-0.05, 0) is 19.8 Å². The lowest BCUT2D eigenvalue weighted by atomic mass is 9.95. The fourth-order valence-corrected chi connectivity index (χ4v) is 3.40. The highest BCUT2D eigenvalue weighted by Gasteiger charge is 2.23. The van der Waals surface area contributed by atoms with Crippen molar-refractivity contribution in [2.75, 3.05) is 17.7 Å². The molecule has 0 aromatic carbocycles. The smallest absolute Gasteiger partial charge is 0.313 e. The molecule has 7 heteroatoms. The Morgan fingerprint density at radius 3 is 2.70 bits per heavy atom. The van der Waals surface area contributed by atoms with Gasteiger partial charge in [-0.2, -0.15) is 0 Å². The van der Waals surface area contributed by atoms with E-state index in [2.05, 4.69) is 22.1 Å².